The van der Waals surface area contributed by atoms with Crippen LogP contribution in [0.1, 0.15) is 12.5 Å². The van der Waals surface area contributed by atoms with Crippen LogP contribution in [0, 0.1) is 0 Å². The molecule has 0 unspecified atom stereocenters. The van der Waals surface area contributed by atoms with E-state index in [4.69, 9.17) is 14.2 Å². The molecule has 1 aromatic rings. The average Bonchev–Trinajstić information content (AvgIpc) is 2.56. The second kappa shape index (κ2) is 9.55. The van der Waals surface area contributed by atoms with Gasteiger partial charge in [0, 0.05) is 24.7 Å². The zero-order valence-corrected chi connectivity index (χ0v) is 13.7. The van der Waals surface area contributed by atoms with E-state index in [1.165, 1.54) is 0 Å². The first-order valence-corrected chi connectivity index (χ1v) is 7.12. The van der Waals surface area contributed by atoms with Crippen molar-refractivity contribution in [2.24, 2.45) is 4.99 Å². The summed E-state index contributed by atoms with van der Waals surface area (Å²) in [5.41, 5.74) is 0.913. The maximum Gasteiger partial charge on any atom is 0.191 e. The molecule has 0 spiro atoms. The lowest BCUT2D eigenvalue weighted by atomic mass is 10.1. The predicted octanol–water partition coefficient (Wildman–Crippen LogP) is 1.95. The van der Waals surface area contributed by atoms with Gasteiger partial charge in [-0.2, -0.15) is 0 Å². The van der Waals surface area contributed by atoms with Gasteiger partial charge in [-0.3, -0.25) is 0 Å². The average molecular weight is 307 g/mol. The summed E-state index contributed by atoms with van der Waals surface area (Å²) in [4.78, 5) is 4.53. The van der Waals surface area contributed by atoms with Gasteiger partial charge in [-0.05, 0) is 13.0 Å². The highest BCUT2D eigenvalue weighted by Crippen LogP contribution is 2.34. The van der Waals surface area contributed by atoms with Crippen LogP contribution in [0.25, 0.3) is 0 Å². The molecule has 0 fully saturated rings. The summed E-state index contributed by atoms with van der Waals surface area (Å²) in [5.74, 6) is 2.71. The van der Waals surface area contributed by atoms with E-state index < -0.39 is 0 Å². The molecule has 1 aromatic carbocycles. The normalized spacial score (nSPS) is 10.8. The van der Waals surface area contributed by atoms with Gasteiger partial charge < -0.3 is 24.8 Å². The van der Waals surface area contributed by atoms with Crippen molar-refractivity contribution in [3.63, 3.8) is 0 Å². The molecule has 0 saturated carbocycles. The number of guanidine groups is 1. The number of rotatable bonds is 8. The standard InChI is InChI=1S/C16H25N3O3/c1-6-8-18-16(17-7-2)19-11-12-9-14(21-4)15(22-5)10-13(12)20-3/h6,9-10H,1,7-8,11H2,2-5H3,(H2,17,18,19). The number of hydrogen-bond acceptors (Lipinski definition) is 4. The summed E-state index contributed by atoms with van der Waals surface area (Å²) in [6.07, 6.45) is 1.78. The van der Waals surface area contributed by atoms with Crippen LogP contribution >= 0.6 is 0 Å². The second-order valence-corrected chi connectivity index (χ2v) is 4.38. The summed E-state index contributed by atoms with van der Waals surface area (Å²) in [5, 5.41) is 6.32. The van der Waals surface area contributed by atoms with Crippen molar-refractivity contribution in [3.05, 3.63) is 30.4 Å². The van der Waals surface area contributed by atoms with E-state index in [0.717, 1.165) is 18.1 Å². The Bertz CT molecular complexity index is 516. The zero-order valence-electron chi connectivity index (χ0n) is 13.7. The quantitative estimate of drug-likeness (QED) is 0.437. The Morgan fingerprint density at radius 2 is 1.73 bits per heavy atom. The third kappa shape index (κ3) is 4.87. The Balaban J connectivity index is 3.00. The van der Waals surface area contributed by atoms with Gasteiger partial charge in [0.05, 0.1) is 27.9 Å². The monoisotopic (exact) mass is 307 g/mol. The van der Waals surface area contributed by atoms with Crippen molar-refractivity contribution in [1.29, 1.82) is 0 Å². The van der Waals surface area contributed by atoms with Gasteiger partial charge in [0.1, 0.15) is 5.75 Å². The lowest BCUT2D eigenvalue weighted by molar-refractivity contribution is 0.347. The Labute approximate surface area is 132 Å². The van der Waals surface area contributed by atoms with Crippen molar-refractivity contribution in [2.45, 2.75) is 13.5 Å². The van der Waals surface area contributed by atoms with Gasteiger partial charge in [0.2, 0.25) is 0 Å². The summed E-state index contributed by atoms with van der Waals surface area (Å²) in [6, 6.07) is 3.67. The van der Waals surface area contributed by atoms with Gasteiger partial charge >= 0.3 is 0 Å². The Kier molecular flexibility index (Phi) is 7.67. The van der Waals surface area contributed by atoms with Crippen LogP contribution in [0.2, 0.25) is 0 Å². The molecule has 6 heteroatoms. The molecule has 0 atom stereocenters. The van der Waals surface area contributed by atoms with Crippen LogP contribution in [0.5, 0.6) is 17.2 Å². The van der Waals surface area contributed by atoms with Gasteiger partial charge in [0.25, 0.3) is 0 Å². The molecule has 0 bridgehead atoms. The van der Waals surface area contributed by atoms with Crippen molar-refractivity contribution in [2.75, 3.05) is 34.4 Å². The molecule has 0 radical (unpaired) electrons. The fourth-order valence-electron chi connectivity index (χ4n) is 1.89. The van der Waals surface area contributed by atoms with Crippen molar-refractivity contribution >= 4 is 5.96 Å². The molecule has 0 aromatic heterocycles. The largest absolute Gasteiger partial charge is 0.496 e. The first kappa shape index (κ1) is 17.7. The lowest BCUT2D eigenvalue weighted by Gasteiger charge is -2.14. The predicted molar refractivity (Wildman–Crippen MR) is 89.1 cm³/mol. The first-order chi connectivity index (χ1) is 10.7. The molecule has 1 rings (SSSR count). The van der Waals surface area contributed by atoms with Crippen molar-refractivity contribution in [1.82, 2.24) is 10.6 Å². The molecular weight excluding hydrogens is 282 g/mol. The molecular formula is C16H25N3O3. The summed E-state index contributed by atoms with van der Waals surface area (Å²) in [7, 11) is 4.82. The molecule has 0 saturated heterocycles. The second-order valence-electron chi connectivity index (χ2n) is 4.38. The molecule has 0 amide bonds. The highest BCUT2D eigenvalue weighted by Gasteiger charge is 2.11. The highest BCUT2D eigenvalue weighted by molar-refractivity contribution is 5.79. The van der Waals surface area contributed by atoms with E-state index in [0.29, 0.717) is 30.3 Å². The van der Waals surface area contributed by atoms with E-state index in [1.54, 1.807) is 33.5 Å². The number of nitrogens with one attached hydrogen (secondary N) is 2. The van der Waals surface area contributed by atoms with Crippen LogP contribution in [0.3, 0.4) is 0 Å². The van der Waals surface area contributed by atoms with E-state index in [9.17, 15) is 0 Å². The molecule has 0 aliphatic heterocycles. The lowest BCUT2D eigenvalue weighted by Crippen LogP contribution is -2.37. The molecule has 0 aliphatic rings. The highest BCUT2D eigenvalue weighted by atomic mass is 16.5. The van der Waals surface area contributed by atoms with Crippen LogP contribution in [0.4, 0.5) is 0 Å². The topological polar surface area (TPSA) is 64.1 Å². The minimum absolute atomic E-state index is 0.454. The van der Waals surface area contributed by atoms with E-state index >= 15 is 0 Å². The molecule has 0 heterocycles. The molecule has 6 nitrogen and oxygen atoms in total. The van der Waals surface area contributed by atoms with Gasteiger partial charge in [-0.15, -0.1) is 6.58 Å². The maximum atomic E-state index is 5.40. The van der Waals surface area contributed by atoms with Gasteiger partial charge in [0.15, 0.2) is 17.5 Å². The van der Waals surface area contributed by atoms with Crippen LogP contribution in [-0.4, -0.2) is 40.4 Å². The molecule has 122 valence electrons. The number of aliphatic imine (C=N–C) groups is 1. The van der Waals surface area contributed by atoms with Gasteiger partial charge in [-0.1, -0.05) is 6.08 Å². The summed E-state index contributed by atoms with van der Waals surface area (Å²) >= 11 is 0. The van der Waals surface area contributed by atoms with E-state index in [1.807, 2.05) is 13.0 Å². The number of ether oxygens (including phenoxy) is 3. The Hall–Kier alpha value is -2.37. The van der Waals surface area contributed by atoms with E-state index in [-0.39, 0.29) is 0 Å². The number of nitrogens with zero attached hydrogens (tertiary/aromatic N) is 1. The minimum atomic E-state index is 0.454. The number of hydrogen-bond donors (Lipinski definition) is 2. The first-order valence-electron chi connectivity index (χ1n) is 7.12. The van der Waals surface area contributed by atoms with Gasteiger partial charge in [-0.25, -0.2) is 4.99 Å². The van der Waals surface area contributed by atoms with Crippen molar-refractivity contribution in [3.8, 4) is 17.2 Å². The maximum absolute atomic E-state index is 5.40. The third-order valence-corrected chi connectivity index (χ3v) is 2.95. The van der Waals surface area contributed by atoms with Crippen LogP contribution in [0.15, 0.2) is 29.8 Å². The fourth-order valence-corrected chi connectivity index (χ4v) is 1.89. The number of methoxy groups -OCH3 is 3. The van der Waals surface area contributed by atoms with Crippen molar-refractivity contribution < 1.29 is 14.2 Å². The molecule has 0 aliphatic carbocycles. The SMILES string of the molecule is C=CCNC(=NCc1cc(OC)c(OC)cc1OC)NCC. The van der Waals surface area contributed by atoms with Crippen LogP contribution < -0.4 is 24.8 Å². The number of benzene rings is 1. The minimum Gasteiger partial charge on any atom is -0.496 e. The van der Waals surface area contributed by atoms with E-state index in [2.05, 4.69) is 22.2 Å². The fraction of sp³-hybridized carbons (Fsp3) is 0.438. The Morgan fingerprint density at radius 1 is 1.09 bits per heavy atom. The zero-order chi connectivity index (χ0) is 16.4. The molecule has 2 N–H and O–H groups in total. The summed E-state index contributed by atoms with van der Waals surface area (Å²) in [6.45, 7) is 7.59. The smallest absolute Gasteiger partial charge is 0.191 e. The molecule has 22 heavy (non-hydrogen) atoms. The Morgan fingerprint density at radius 3 is 2.27 bits per heavy atom. The third-order valence-electron chi connectivity index (χ3n) is 2.95. The van der Waals surface area contributed by atoms with Crippen LogP contribution in [-0.2, 0) is 6.54 Å². The summed E-state index contributed by atoms with van der Waals surface area (Å²) < 4.78 is 16.0.